The Kier molecular flexibility index (Phi) is 5.66. The molecule has 6 heteroatoms. The summed E-state index contributed by atoms with van der Waals surface area (Å²) in [5.74, 6) is 1.20. The average molecular weight is 302 g/mol. The fraction of sp³-hybridized carbons (Fsp3) is 0.438. The Morgan fingerprint density at radius 1 is 1.32 bits per heavy atom. The number of amides is 1. The molecular formula is C16H22N4O2. The van der Waals surface area contributed by atoms with Gasteiger partial charge in [0.15, 0.2) is 5.82 Å². The Labute approximate surface area is 130 Å². The number of hydrogen-bond acceptors (Lipinski definition) is 5. The average Bonchev–Trinajstić information content (AvgIpc) is 2.94. The van der Waals surface area contributed by atoms with Gasteiger partial charge in [0.25, 0.3) is 0 Å². The standard InChI is InChI=1S/C16H22N4O2/c1-12(20(2)3)16(21)17-10-9-15-18-14(19-22-15)11-13-7-5-4-6-8-13/h4-8,12H,9-11H2,1-3H3,(H,17,21). The van der Waals surface area contributed by atoms with Gasteiger partial charge in [0.1, 0.15) is 0 Å². The second-order valence-electron chi connectivity index (χ2n) is 5.45. The third kappa shape index (κ3) is 4.66. The van der Waals surface area contributed by atoms with Crippen molar-refractivity contribution < 1.29 is 9.32 Å². The molecule has 0 saturated heterocycles. The van der Waals surface area contributed by atoms with E-state index in [1.807, 2.05) is 56.3 Å². The zero-order valence-corrected chi connectivity index (χ0v) is 13.2. The Balaban J connectivity index is 1.79. The van der Waals surface area contributed by atoms with Crippen LogP contribution in [0, 0.1) is 0 Å². The van der Waals surface area contributed by atoms with Gasteiger partial charge in [-0.25, -0.2) is 0 Å². The van der Waals surface area contributed by atoms with Crippen molar-refractivity contribution >= 4 is 5.91 Å². The fourth-order valence-corrected chi connectivity index (χ4v) is 1.92. The first-order valence-corrected chi connectivity index (χ1v) is 7.36. The van der Waals surface area contributed by atoms with Crippen molar-refractivity contribution in [2.75, 3.05) is 20.6 Å². The SMILES string of the molecule is CC(C(=O)NCCc1nc(Cc2ccccc2)no1)N(C)C. The molecule has 0 aliphatic carbocycles. The predicted octanol–water partition coefficient (Wildman–Crippen LogP) is 1.27. The van der Waals surface area contributed by atoms with Crippen LogP contribution in [0.5, 0.6) is 0 Å². The van der Waals surface area contributed by atoms with Crippen molar-refractivity contribution in [3.8, 4) is 0 Å². The normalized spacial score (nSPS) is 12.4. The van der Waals surface area contributed by atoms with Crippen LogP contribution >= 0.6 is 0 Å². The molecule has 22 heavy (non-hydrogen) atoms. The molecule has 0 spiro atoms. The number of nitrogens with one attached hydrogen (secondary N) is 1. The van der Waals surface area contributed by atoms with E-state index in [2.05, 4.69) is 15.5 Å². The lowest BCUT2D eigenvalue weighted by Gasteiger charge is -2.18. The Bertz CT molecular complexity index is 595. The van der Waals surface area contributed by atoms with Crippen LogP contribution in [0.15, 0.2) is 34.9 Å². The summed E-state index contributed by atoms with van der Waals surface area (Å²) < 4.78 is 5.20. The molecular weight excluding hydrogens is 280 g/mol. The van der Waals surface area contributed by atoms with Crippen molar-refractivity contribution in [1.29, 1.82) is 0 Å². The molecule has 0 fully saturated rings. The van der Waals surface area contributed by atoms with Gasteiger partial charge in [0.05, 0.1) is 6.04 Å². The third-order valence-electron chi connectivity index (χ3n) is 3.51. The van der Waals surface area contributed by atoms with Gasteiger partial charge < -0.3 is 9.84 Å². The molecule has 118 valence electrons. The molecule has 1 heterocycles. The first kappa shape index (κ1) is 16.2. The molecule has 1 aromatic heterocycles. The highest BCUT2D eigenvalue weighted by atomic mass is 16.5. The second-order valence-corrected chi connectivity index (χ2v) is 5.45. The first-order chi connectivity index (χ1) is 10.6. The lowest BCUT2D eigenvalue weighted by Crippen LogP contribution is -2.42. The first-order valence-electron chi connectivity index (χ1n) is 7.36. The lowest BCUT2D eigenvalue weighted by molar-refractivity contribution is -0.124. The highest BCUT2D eigenvalue weighted by Crippen LogP contribution is 2.06. The van der Waals surface area contributed by atoms with Crippen LogP contribution in [-0.4, -0.2) is 47.6 Å². The molecule has 1 aromatic carbocycles. The second kappa shape index (κ2) is 7.70. The van der Waals surface area contributed by atoms with Gasteiger partial charge >= 0.3 is 0 Å². The highest BCUT2D eigenvalue weighted by molar-refractivity contribution is 5.81. The van der Waals surface area contributed by atoms with Crippen LogP contribution in [0.1, 0.15) is 24.2 Å². The Morgan fingerprint density at radius 2 is 2.05 bits per heavy atom. The minimum Gasteiger partial charge on any atom is -0.354 e. The monoisotopic (exact) mass is 302 g/mol. The van der Waals surface area contributed by atoms with Crippen LogP contribution < -0.4 is 5.32 Å². The number of carbonyl (C=O) groups excluding carboxylic acids is 1. The lowest BCUT2D eigenvalue weighted by atomic mass is 10.1. The topological polar surface area (TPSA) is 71.3 Å². The molecule has 1 N–H and O–H groups in total. The summed E-state index contributed by atoms with van der Waals surface area (Å²) >= 11 is 0. The molecule has 1 amide bonds. The molecule has 2 aromatic rings. The van der Waals surface area contributed by atoms with Crippen LogP contribution in [0.4, 0.5) is 0 Å². The van der Waals surface area contributed by atoms with Crippen molar-refractivity contribution in [2.24, 2.45) is 0 Å². The van der Waals surface area contributed by atoms with E-state index in [4.69, 9.17) is 4.52 Å². The van der Waals surface area contributed by atoms with E-state index in [1.165, 1.54) is 0 Å². The quantitative estimate of drug-likeness (QED) is 0.834. The van der Waals surface area contributed by atoms with Crippen molar-refractivity contribution in [2.45, 2.75) is 25.8 Å². The summed E-state index contributed by atoms with van der Waals surface area (Å²) in [6.45, 7) is 2.35. The molecule has 0 aliphatic heterocycles. The summed E-state index contributed by atoms with van der Waals surface area (Å²) in [7, 11) is 3.75. The summed E-state index contributed by atoms with van der Waals surface area (Å²) in [5.41, 5.74) is 1.14. The zero-order valence-electron chi connectivity index (χ0n) is 13.2. The van der Waals surface area contributed by atoms with Gasteiger partial charge in [0, 0.05) is 19.4 Å². The number of benzene rings is 1. The molecule has 6 nitrogen and oxygen atoms in total. The molecule has 0 bridgehead atoms. The van der Waals surface area contributed by atoms with Crippen LogP contribution in [0.3, 0.4) is 0 Å². The number of aromatic nitrogens is 2. The van der Waals surface area contributed by atoms with Gasteiger partial charge in [-0.3, -0.25) is 9.69 Å². The predicted molar refractivity (Wildman–Crippen MR) is 83.4 cm³/mol. The third-order valence-corrected chi connectivity index (χ3v) is 3.51. The smallest absolute Gasteiger partial charge is 0.237 e. The van der Waals surface area contributed by atoms with Gasteiger partial charge in [-0.05, 0) is 26.6 Å². The van der Waals surface area contributed by atoms with E-state index in [9.17, 15) is 4.79 Å². The number of carbonyl (C=O) groups is 1. The van der Waals surface area contributed by atoms with Gasteiger partial charge in [-0.1, -0.05) is 35.5 Å². The number of likely N-dealkylation sites (N-methyl/N-ethyl adjacent to an activating group) is 1. The zero-order chi connectivity index (χ0) is 15.9. The van der Waals surface area contributed by atoms with E-state index in [-0.39, 0.29) is 11.9 Å². The van der Waals surface area contributed by atoms with E-state index < -0.39 is 0 Å². The molecule has 1 unspecified atom stereocenters. The number of nitrogens with zero attached hydrogens (tertiary/aromatic N) is 3. The summed E-state index contributed by atoms with van der Waals surface area (Å²) in [6, 6.07) is 9.84. The van der Waals surface area contributed by atoms with Crippen LogP contribution in [0.25, 0.3) is 0 Å². The number of rotatable bonds is 7. The van der Waals surface area contributed by atoms with E-state index in [1.54, 1.807) is 0 Å². The van der Waals surface area contributed by atoms with Gasteiger partial charge in [-0.2, -0.15) is 4.98 Å². The highest BCUT2D eigenvalue weighted by Gasteiger charge is 2.14. The number of hydrogen-bond donors (Lipinski definition) is 1. The minimum absolute atomic E-state index is 0.00553. The van der Waals surface area contributed by atoms with Crippen molar-refractivity contribution in [3.05, 3.63) is 47.6 Å². The molecule has 2 rings (SSSR count). The molecule has 0 saturated carbocycles. The largest absolute Gasteiger partial charge is 0.354 e. The van der Waals surface area contributed by atoms with E-state index in [0.717, 1.165) is 5.56 Å². The van der Waals surface area contributed by atoms with Crippen molar-refractivity contribution in [1.82, 2.24) is 20.4 Å². The minimum atomic E-state index is -0.156. The maximum absolute atomic E-state index is 11.8. The Morgan fingerprint density at radius 3 is 2.73 bits per heavy atom. The van der Waals surface area contributed by atoms with Gasteiger partial charge in [-0.15, -0.1) is 0 Å². The van der Waals surface area contributed by atoms with Crippen LogP contribution in [0.2, 0.25) is 0 Å². The van der Waals surface area contributed by atoms with Gasteiger partial charge in [0.2, 0.25) is 11.8 Å². The summed E-state index contributed by atoms with van der Waals surface area (Å²) in [5, 5.41) is 6.83. The maximum atomic E-state index is 11.8. The van der Waals surface area contributed by atoms with Crippen LogP contribution in [-0.2, 0) is 17.6 Å². The van der Waals surface area contributed by atoms with E-state index in [0.29, 0.717) is 31.1 Å². The molecule has 0 aliphatic rings. The fourth-order valence-electron chi connectivity index (χ4n) is 1.92. The summed E-state index contributed by atoms with van der Waals surface area (Å²) in [6.07, 6.45) is 1.18. The molecule has 1 atom stereocenters. The summed E-state index contributed by atoms with van der Waals surface area (Å²) in [4.78, 5) is 18.0. The maximum Gasteiger partial charge on any atom is 0.237 e. The van der Waals surface area contributed by atoms with E-state index >= 15 is 0 Å². The molecule has 0 radical (unpaired) electrons. The van der Waals surface area contributed by atoms with Crippen molar-refractivity contribution in [3.63, 3.8) is 0 Å². The Hall–Kier alpha value is -2.21.